The van der Waals surface area contributed by atoms with Gasteiger partial charge in [0.2, 0.25) is 0 Å². The fourth-order valence-corrected chi connectivity index (χ4v) is 2.85. The van der Waals surface area contributed by atoms with Crippen LogP contribution in [0.2, 0.25) is 0 Å². The fourth-order valence-electron chi connectivity index (χ4n) is 2.85. The molecule has 64 valence electrons. The van der Waals surface area contributed by atoms with Crippen molar-refractivity contribution in [3.63, 3.8) is 0 Å². The fraction of sp³-hybridized carbons (Fsp3) is 1.00. The summed E-state index contributed by atoms with van der Waals surface area (Å²) in [5.41, 5.74) is 0.129. The van der Waals surface area contributed by atoms with E-state index >= 15 is 0 Å². The molecule has 0 radical (unpaired) electrons. The van der Waals surface area contributed by atoms with Crippen LogP contribution >= 0.6 is 0 Å². The second-order valence-corrected chi connectivity index (χ2v) is 4.51. The lowest BCUT2D eigenvalue weighted by Gasteiger charge is -2.33. The molecule has 11 heavy (non-hydrogen) atoms. The first kappa shape index (κ1) is 7.56. The van der Waals surface area contributed by atoms with E-state index in [2.05, 4.69) is 6.92 Å². The molecule has 0 aromatic carbocycles. The summed E-state index contributed by atoms with van der Waals surface area (Å²) < 4.78 is 0. The molecule has 0 heterocycles. The second kappa shape index (κ2) is 2.20. The van der Waals surface area contributed by atoms with Gasteiger partial charge in [0, 0.05) is 6.61 Å². The van der Waals surface area contributed by atoms with Crippen LogP contribution < -0.4 is 0 Å². The van der Waals surface area contributed by atoms with Gasteiger partial charge in [-0.1, -0.05) is 6.92 Å². The number of hydrogen-bond donors (Lipinski definition) is 2. The maximum absolute atomic E-state index is 9.47. The standard InChI is InChI=1S/C9H16O2/c1-9(5-10)4-6-2-7(9)3-8(6)11/h6-8,10-11H,2-5H2,1H3/t6-,7-,8-,9+/m1/s1. The monoisotopic (exact) mass is 156 g/mol. The van der Waals surface area contributed by atoms with Gasteiger partial charge in [-0.25, -0.2) is 0 Å². The highest BCUT2D eigenvalue weighted by molar-refractivity contribution is 5.01. The molecule has 2 fully saturated rings. The Bertz CT molecular complexity index is 167. The Morgan fingerprint density at radius 3 is 2.55 bits per heavy atom. The average molecular weight is 156 g/mol. The van der Waals surface area contributed by atoms with E-state index in [1.165, 1.54) is 0 Å². The summed E-state index contributed by atoms with van der Waals surface area (Å²) in [4.78, 5) is 0. The van der Waals surface area contributed by atoms with E-state index in [9.17, 15) is 5.11 Å². The summed E-state index contributed by atoms with van der Waals surface area (Å²) >= 11 is 0. The molecule has 2 bridgehead atoms. The first-order chi connectivity index (χ1) is 5.15. The van der Waals surface area contributed by atoms with E-state index in [0.29, 0.717) is 18.4 Å². The van der Waals surface area contributed by atoms with E-state index in [4.69, 9.17) is 5.11 Å². The molecule has 2 nitrogen and oxygen atoms in total. The number of aliphatic hydroxyl groups excluding tert-OH is 2. The molecule has 2 N–H and O–H groups in total. The van der Waals surface area contributed by atoms with Gasteiger partial charge < -0.3 is 10.2 Å². The van der Waals surface area contributed by atoms with Crippen LogP contribution in [0.25, 0.3) is 0 Å². The van der Waals surface area contributed by atoms with Gasteiger partial charge in [0.05, 0.1) is 6.10 Å². The van der Waals surface area contributed by atoms with Crippen molar-refractivity contribution in [2.75, 3.05) is 6.61 Å². The minimum atomic E-state index is -0.0698. The molecule has 0 aromatic rings. The Kier molecular flexibility index (Phi) is 1.52. The van der Waals surface area contributed by atoms with Gasteiger partial charge in [-0.15, -0.1) is 0 Å². The van der Waals surface area contributed by atoms with Gasteiger partial charge in [0.15, 0.2) is 0 Å². The minimum absolute atomic E-state index is 0.0698. The number of rotatable bonds is 1. The lowest BCUT2D eigenvalue weighted by molar-refractivity contribution is 0.0256. The van der Waals surface area contributed by atoms with E-state index in [-0.39, 0.29) is 11.5 Å². The Labute approximate surface area is 67.2 Å². The number of hydrogen-bond acceptors (Lipinski definition) is 2. The van der Waals surface area contributed by atoms with Crippen LogP contribution in [-0.2, 0) is 0 Å². The van der Waals surface area contributed by atoms with Crippen molar-refractivity contribution in [2.45, 2.75) is 32.3 Å². The van der Waals surface area contributed by atoms with Crippen molar-refractivity contribution >= 4 is 0 Å². The van der Waals surface area contributed by atoms with Gasteiger partial charge >= 0.3 is 0 Å². The Morgan fingerprint density at radius 1 is 1.45 bits per heavy atom. The van der Waals surface area contributed by atoms with Crippen molar-refractivity contribution in [3.8, 4) is 0 Å². The molecule has 0 unspecified atom stereocenters. The minimum Gasteiger partial charge on any atom is -0.396 e. The number of aliphatic hydroxyl groups is 2. The largest absolute Gasteiger partial charge is 0.396 e. The molecule has 0 spiro atoms. The topological polar surface area (TPSA) is 40.5 Å². The van der Waals surface area contributed by atoms with Gasteiger partial charge in [-0.05, 0) is 36.5 Å². The summed E-state index contributed by atoms with van der Waals surface area (Å²) in [6, 6.07) is 0. The third kappa shape index (κ3) is 0.926. The normalized spacial score (nSPS) is 55.4. The lowest BCUT2D eigenvalue weighted by Crippen LogP contribution is -2.32. The van der Waals surface area contributed by atoms with Crippen molar-refractivity contribution in [3.05, 3.63) is 0 Å². The molecule has 4 atom stereocenters. The number of fused-ring (bicyclic) bond motifs is 2. The molecular weight excluding hydrogens is 140 g/mol. The van der Waals surface area contributed by atoms with Gasteiger partial charge in [-0.2, -0.15) is 0 Å². The third-order valence-corrected chi connectivity index (χ3v) is 3.73. The quantitative estimate of drug-likeness (QED) is 0.589. The van der Waals surface area contributed by atoms with E-state index in [0.717, 1.165) is 19.3 Å². The molecular formula is C9H16O2. The molecule has 2 saturated carbocycles. The zero-order valence-electron chi connectivity index (χ0n) is 6.95. The predicted octanol–water partition coefficient (Wildman–Crippen LogP) is 0.776. The SMILES string of the molecule is C[C@@]1(CO)C[C@H]2C[C@@H]1C[C@H]2O. The maximum atomic E-state index is 9.47. The second-order valence-electron chi connectivity index (χ2n) is 4.51. The molecule has 2 aliphatic carbocycles. The van der Waals surface area contributed by atoms with Gasteiger partial charge in [0.1, 0.15) is 0 Å². The van der Waals surface area contributed by atoms with Crippen LogP contribution in [-0.4, -0.2) is 22.9 Å². The molecule has 0 saturated heterocycles. The van der Waals surface area contributed by atoms with E-state index in [1.54, 1.807) is 0 Å². The summed E-state index contributed by atoms with van der Waals surface area (Å²) in [5.74, 6) is 1.06. The van der Waals surface area contributed by atoms with Crippen LogP contribution in [0.1, 0.15) is 26.2 Å². The summed E-state index contributed by atoms with van der Waals surface area (Å²) in [6.45, 7) is 2.43. The zero-order chi connectivity index (χ0) is 8.06. The van der Waals surface area contributed by atoms with Crippen LogP contribution in [0.5, 0.6) is 0 Å². The van der Waals surface area contributed by atoms with Gasteiger partial charge in [-0.3, -0.25) is 0 Å². The van der Waals surface area contributed by atoms with Crippen molar-refractivity contribution in [1.29, 1.82) is 0 Å². The Hall–Kier alpha value is -0.0800. The Morgan fingerprint density at radius 2 is 2.18 bits per heavy atom. The highest BCUT2D eigenvalue weighted by Gasteiger charge is 2.51. The third-order valence-electron chi connectivity index (χ3n) is 3.73. The molecule has 0 aliphatic heterocycles. The molecule has 2 heteroatoms. The highest BCUT2D eigenvalue weighted by atomic mass is 16.3. The first-order valence-electron chi connectivity index (χ1n) is 4.44. The molecule has 2 aliphatic rings. The van der Waals surface area contributed by atoms with Crippen LogP contribution in [0.4, 0.5) is 0 Å². The first-order valence-corrected chi connectivity index (χ1v) is 4.44. The van der Waals surface area contributed by atoms with E-state index in [1.807, 2.05) is 0 Å². The zero-order valence-corrected chi connectivity index (χ0v) is 6.95. The average Bonchev–Trinajstić information content (AvgIpc) is 2.45. The van der Waals surface area contributed by atoms with E-state index < -0.39 is 0 Å². The smallest absolute Gasteiger partial charge is 0.0571 e. The maximum Gasteiger partial charge on any atom is 0.0571 e. The van der Waals surface area contributed by atoms with Crippen molar-refractivity contribution in [1.82, 2.24) is 0 Å². The Balaban J connectivity index is 2.13. The van der Waals surface area contributed by atoms with Crippen LogP contribution in [0.15, 0.2) is 0 Å². The van der Waals surface area contributed by atoms with Crippen LogP contribution in [0.3, 0.4) is 0 Å². The van der Waals surface area contributed by atoms with Crippen molar-refractivity contribution in [2.24, 2.45) is 17.3 Å². The predicted molar refractivity (Wildman–Crippen MR) is 42.0 cm³/mol. The summed E-state index contributed by atoms with van der Waals surface area (Å²) in [5, 5.41) is 18.6. The lowest BCUT2D eigenvalue weighted by atomic mass is 9.75. The van der Waals surface area contributed by atoms with Crippen LogP contribution in [0, 0.1) is 17.3 Å². The molecule has 2 rings (SSSR count). The van der Waals surface area contributed by atoms with Crippen molar-refractivity contribution < 1.29 is 10.2 Å². The van der Waals surface area contributed by atoms with Gasteiger partial charge in [0.25, 0.3) is 0 Å². The highest BCUT2D eigenvalue weighted by Crippen LogP contribution is 2.55. The molecule has 0 aromatic heterocycles. The summed E-state index contributed by atoms with van der Waals surface area (Å²) in [7, 11) is 0. The molecule has 0 amide bonds. The summed E-state index contributed by atoms with van der Waals surface area (Å²) in [6.07, 6.45) is 3.01.